The van der Waals surface area contributed by atoms with Crippen LogP contribution >= 0.6 is 11.6 Å². The number of fused-ring (bicyclic) bond motifs is 1. The quantitative estimate of drug-likeness (QED) is 0.484. The van der Waals surface area contributed by atoms with Crippen molar-refractivity contribution in [2.75, 3.05) is 40.0 Å². The van der Waals surface area contributed by atoms with Crippen LogP contribution in [0.15, 0.2) is 51.8 Å². The van der Waals surface area contributed by atoms with Gasteiger partial charge in [-0.05, 0) is 50.2 Å². The van der Waals surface area contributed by atoms with E-state index >= 15 is 0 Å². The maximum atomic E-state index is 12.5. The Labute approximate surface area is 183 Å². The van der Waals surface area contributed by atoms with Gasteiger partial charge < -0.3 is 14.4 Å². The molecule has 6 nitrogen and oxygen atoms in total. The van der Waals surface area contributed by atoms with Crippen LogP contribution in [0.1, 0.15) is 30.9 Å². The molecule has 1 aliphatic heterocycles. The van der Waals surface area contributed by atoms with E-state index in [1.54, 1.807) is 49.6 Å². The topological polar surface area (TPSA) is 68.2 Å². The van der Waals surface area contributed by atoms with E-state index in [0.717, 1.165) is 39.1 Å². The van der Waals surface area contributed by atoms with Crippen molar-refractivity contribution in [3.8, 4) is 5.75 Å². The first-order chi connectivity index (χ1) is 14.4. The second kappa shape index (κ2) is 10.4. The SMILES string of the molecule is CCN(CCCCOc1ccc2c(c1)S(=O)(=O)N=C2c1ccc(Cl)cc1)CCOC. The summed E-state index contributed by atoms with van der Waals surface area (Å²) in [6, 6.07) is 12.1. The van der Waals surface area contributed by atoms with E-state index in [4.69, 9.17) is 21.1 Å². The van der Waals surface area contributed by atoms with Gasteiger partial charge in [0.1, 0.15) is 10.6 Å². The van der Waals surface area contributed by atoms with Gasteiger partial charge in [0, 0.05) is 35.9 Å². The minimum Gasteiger partial charge on any atom is -0.494 e. The summed E-state index contributed by atoms with van der Waals surface area (Å²) in [6.45, 7) is 6.30. The Hall–Kier alpha value is -1.93. The summed E-state index contributed by atoms with van der Waals surface area (Å²) >= 11 is 5.93. The van der Waals surface area contributed by atoms with E-state index in [9.17, 15) is 8.42 Å². The fraction of sp³-hybridized carbons (Fsp3) is 0.409. The van der Waals surface area contributed by atoms with E-state index in [-0.39, 0.29) is 4.90 Å². The van der Waals surface area contributed by atoms with Crippen molar-refractivity contribution < 1.29 is 17.9 Å². The number of hydrogen-bond acceptors (Lipinski definition) is 5. The Kier molecular flexibility index (Phi) is 7.88. The lowest BCUT2D eigenvalue weighted by atomic mass is 10.0. The minimum absolute atomic E-state index is 0.182. The van der Waals surface area contributed by atoms with Gasteiger partial charge in [-0.15, -0.1) is 0 Å². The average molecular weight is 451 g/mol. The van der Waals surface area contributed by atoms with Crippen LogP contribution in [0.2, 0.25) is 5.02 Å². The lowest BCUT2D eigenvalue weighted by Crippen LogP contribution is -2.28. The Balaban J connectivity index is 1.60. The molecule has 162 valence electrons. The Morgan fingerprint density at radius 2 is 1.80 bits per heavy atom. The zero-order valence-electron chi connectivity index (χ0n) is 17.3. The molecule has 2 aromatic carbocycles. The van der Waals surface area contributed by atoms with Gasteiger partial charge in [0.15, 0.2) is 0 Å². The predicted octanol–water partition coefficient (Wildman–Crippen LogP) is 4.01. The minimum atomic E-state index is -3.74. The first-order valence-corrected chi connectivity index (χ1v) is 11.9. The van der Waals surface area contributed by atoms with Crippen LogP contribution in [-0.4, -0.2) is 59.0 Å². The number of methoxy groups -OCH3 is 1. The highest BCUT2D eigenvalue weighted by Gasteiger charge is 2.30. The average Bonchev–Trinajstić information content (AvgIpc) is 3.01. The third kappa shape index (κ3) is 5.60. The molecule has 0 radical (unpaired) electrons. The zero-order valence-corrected chi connectivity index (χ0v) is 18.9. The van der Waals surface area contributed by atoms with Gasteiger partial charge >= 0.3 is 0 Å². The number of rotatable bonds is 11. The normalized spacial score (nSPS) is 14.6. The molecule has 0 saturated carbocycles. The van der Waals surface area contributed by atoms with Gasteiger partial charge in [0.05, 0.1) is 18.9 Å². The van der Waals surface area contributed by atoms with E-state index in [1.165, 1.54) is 0 Å². The molecular formula is C22H27ClN2O4S. The van der Waals surface area contributed by atoms with Crippen LogP contribution in [0, 0.1) is 0 Å². The number of halogens is 1. The van der Waals surface area contributed by atoms with Gasteiger partial charge in [0.25, 0.3) is 10.0 Å². The van der Waals surface area contributed by atoms with Gasteiger partial charge in [-0.3, -0.25) is 0 Å². The van der Waals surface area contributed by atoms with Crippen LogP contribution in [0.5, 0.6) is 5.75 Å². The summed E-state index contributed by atoms with van der Waals surface area (Å²) in [5.41, 5.74) is 1.73. The summed E-state index contributed by atoms with van der Waals surface area (Å²) < 4.78 is 40.0. The molecule has 0 fully saturated rings. The highest BCUT2D eigenvalue weighted by molar-refractivity contribution is 7.90. The molecule has 0 aliphatic carbocycles. The van der Waals surface area contributed by atoms with Crippen LogP contribution in [0.25, 0.3) is 0 Å². The Bertz CT molecular complexity index is 991. The lowest BCUT2D eigenvalue weighted by molar-refractivity contribution is 0.148. The summed E-state index contributed by atoms with van der Waals surface area (Å²) in [5, 5.41) is 0.588. The number of ether oxygens (including phenoxy) is 2. The molecule has 0 atom stereocenters. The monoisotopic (exact) mass is 450 g/mol. The van der Waals surface area contributed by atoms with Crippen molar-refractivity contribution in [2.45, 2.75) is 24.7 Å². The van der Waals surface area contributed by atoms with Gasteiger partial charge in [-0.2, -0.15) is 12.8 Å². The van der Waals surface area contributed by atoms with Crippen molar-refractivity contribution in [3.05, 3.63) is 58.6 Å². The molecule has 1 heterocycles. The van der Waals surface area contributed by atoms with Gasteiger partial charge in [0.2, 0.25) is 0 Å². The largest absolute Gasteiger partial charge is 0.494 e. The fourth-order valence-corrected chi connectivity index (χ4v) is 4.69. The van der Waals surface area contributed by atoms with E-state index in [0.29, 0.717) is 34.2 Å². The number of likely N-dealkylation sites (N-methyl/N-ethyl adjacent to an activating group) is 1. The molecule has 0 bridgehead atoms. The van der Waals surface area contributed by atoms with E-state index in [1.807, 2.05) is 0 Å². The second-order valence-electron chi connectivity index (χ2n) is 7.06. The molecule has 30 heavy (non-hydrogen) atoms. The van der Waals surface area contributed by atoms with Crippen LogP contribution in [0.3, 0.4) is 0 Å². The highest BCUT2D eigenvalue weighted by atomic mass is 35.5. The van der Waals surface area contributed by atoms with Crippen molar-refractivity contribution in [2.24, 2.45) is 4.40 Å². The zero-order chi connectivity index (χ0) is 21.6. The lowest BCUT2D eigenvalue weighted by Gasteiger charge is -2.19. The molecule has 0 amide bonds. The fourth-order valence-electron chi connectivity index (χ4n) is 3.31. The molecule has 8 heteroatoms. The number of nitrogens with zero attached hydrogens (tertiary/aromatic N) is 2. The van der Waals surface area contributed by atoms with Crippen molar-refractivity contribution in [3.63, 3.8) is 0 Å². The molecule has 0 saturated heterocycles. The molecule has 0 spiro atoms. The smallest absolute Gasteiger partial charge is 0.283 e. The maximum Gasteiger partial charge on any atom is 0.283 e. The van der Waals surface area contributed by atoms with Crippen molar-refractivity contribution >= 4 is 27.3 Å². The van der Waals surface area contributed by atoms with E-state index in [2.05, 4.69) is 16.2 Å². The number of unbranched alkanes of at least 4 members (excludes halogenated alkanes) is 1. The first kappa shape index (κ1) is 22.7. The van der Waals surface area contributed by atoms with Crippen LogP contribution in [0.4, 0.5) is 0 Å². The third-order valence-electron chi connectivity index (χ3n) is 5.01. The molecule has 0 N–H and O–H groups in total. The molecule has 0 unspecified atom stereocenters. The van der Waals surface area contributed by atoms with E-state index < -0.39 is 10.0 Å². The third-order valence-corrected chi connectivity index (χ3v) is 6.58. The maximum absolute atomic E-state index is 12.5. The van der Waals surface area contributed by atoms with Gasteiger partial charge in [-0.1, -0.05) is 30.7 Å². The Morgan fingerprint density at radius 1 is 1.03 bits per heavy atom. The summed E-state index contributed by atoms with van der Waals surface area (Å²) in [4.78, 5) is 2.52. The summed E-state index contributed by atoms with van der Waals surface area (Å²) in [5.74, 6) is 0.539. The number of benzene rings is 2. The van der Waals surface area contributed by atoms with Crippen molar-refractivity contribution in [1.82, 2.24) is 4.90 Å². The molecule has 0 aromatic heterocycles. The van der Waals surface area contributed by atoms with Gasteiger partial charge in [-0.25, -0.2) is 0 Å². The second-order valence-corrected chi connectivity index (χ2v) is 9.07. The molecule has 3 rings (SSSR count). The summed E-state index contributed by atoms with van der Waals surface area (Å²) in [6.07, 6.45) is 1.89. The highest BCUT2D eigenvalue weighted by Crippen LogP contribution is 2.32. The number of sulfonamides is 1. The molecule has 1 aliphatic rings. The van der Waals surface area contributed by atoms with Crippen molar-refractivity contribution in [1.29, 1.82) is 0 Å². The Morgan fingerprint density at radius 3 is 2.50 bits per heavy atom. The first-order valence-electron chi connectivity index (χ1n) is 10.0. The number of hydrogen-bond donors (Lipinski definition) is 0. The summed E-state index contributed by atoms with van der Waals surface area (Å²) in [7, 11) is -2.03. The van der Waals surface area contributed by atoms with Crippen LogP contribution < -0.4 is 4.74 Å². The molecule has 2 aromatic rings. The molecular weight excluding hydrogens is 424 g/mol. The predicted molar refractivity (Wildman–Crippen MR) is 119 cm³/mol. The standard InChI is InChI=1S/C22H27ClN2O4S/c1-3-25(13-15-28-2)12-4-5-14-29-19-10-11-20-21(16-19)30(26,27)24-22(20)17-6-8-18(23)9-7-17/h6-11,16H,3-5,12-15H2,1-2H3. The van der Waals surface area contributed by atoms with Crippen LogP contribution in [-0.2, 0) is 14.8 Å².